The highest BCUT2D eigenvalue weighted by Gasteiger charge is 2.23. The van der Waals surface area contributed by atoms with Crippen molar-refractivity contribution in [2.75, 3.05) is 26.2 Å². The lowest BCUT2D eigenvalue weighted by molar-refractivity contribution is 0.0230. The molecular weight excluding hydrogens is 558 g/mol. The summed E-state index contributed by atoms with van der Waals surface area (Å²) in [5.74, 6) is 0.607. The molecule has 0 saturated carbocycles. The zero-order valence-corrected chi connectivity index (χ0v) is 22.8. The van der Waals surface area contributed by atoms with Crippen molar-refractivity contribution in [2.24, 2.45) is 0 Å². The van der Waals surface area contributed by atoms with Crippen molar-refractivity contribution in [1.82, 2.24) is 14.6 Å². The van der Waals surface area contributed by atoms with Crippen LogP contribution in [0, 0.1) is 0 Å². The predicted octanol–water partition coefficient (Wildman–Crippen LogP) is 5.25. The third-order valence-electron chi connectivity index (χ3n) is 4.74. The molecule has 1 aromatic heterocycles. The van der Waals surface area contributed by atoms with E-state index in [4.69, 9.17) is 21.1 Å². The van der Waals surface area contributed by atoms with Gasteiger partial charge in [0.2, 0.25) is 10.0 Å². The highest BCUT2D eigenvalue weighted by Crippen LogP contribution is 2.27. The number of amides is 1. The largest absolute Gasteiger partial charge is 0.492 e. The van der Waals surface area contributed by atoms with Gasteiger partial charge >= 0.3 is 6.09 Å². The van der Waals surface area contributed by atoms with Crippen LogP contribution in [0.2, 0.25) is 5.02 Å². The maximum Gasteiger partial charge on any atom is 0.410 e. The minimum atomic E-state index is -3.86. The molecule has 1 N–H and O–H groups in total. The highest BCUT2D eigenvalue weighted by atomic mass is 79.9. The summed E-state index contributed by atoms with van der Waals surface area (Å²) in [7, 11) is -3.86. The van der Waals surface area contributed by atoms with E-state index in [2.05, 4.69) is 25.6 Å². The van der Waals surface area contributed by atoms with Gasteiger partial charge in [0.1, 0.15) is 18.0 Å². The molecule has 0 fully saturated rings. The van der Waals surface area contributed by atoms with Crippen LogP contribution in [0.5, 0.6) is 5.75 Å². The van der Waals surface area contributed by atoms with Gasteiger partial charge in [0, 0.05) is 45.8 Å². The molecule has 0 saturated heterocycles. The van der Waals surface area contributed by atoms with E-state index in [0.29, 0.717) is 26.0 Å². The first-order valence-electron chi connectivity index (χ1n) is 10.8. The minimum absolute atomic E-state index is 0.0123. The van der Waals surface area contributed by atoms with E-state index in [0.717, 1.165) is 0 Å². The Hall–Kier alpha value is -2.40. The Balaban J connectivity index is 1.68. The van der Waals surface area contributed by atoms with Gasteiger partial charge in [-0.25, -0.2) is 17.9 Å². The van der Waals surface area contributed by atoms with Gasteiger partial charge in [0.15, 0.2) is 0 Å². The number of carbonyl (C=O) groups is 1. The lowest BCUT2D eigenvalue weighted by Crippen LogP contribution is -2.43. The summed E-state index contributed by atoms with van der Waals surface area (Å²) in [5, 5.41) is 1.84. The first-order chi connectivity index (χ1) is 16.4. The van der Waals surface area contributed by atoms with Crippen molar-refractivity contribution in [1.29, 1.82) is 0 Å². The Morgan fingerprint density at radius 2 is 1.86 bits per heavy atom. The van der Waals surface area contributed by atoms with Gasteiger partial charge in [-0.3, -0.25) is 4.98 Å². The number of benzene rings is 2. The third-order valence-corrected chi connectivity index (χ3v) is 6.95. The molecule has 0 atom stereocenters. The molecule has 0 unspecified atom stereocenters. The Morgan fingerprint density at radius 3 is 2.54 bits per heavy atom. The van der Waals surface area contributed by atoms with Gasteiger partial charge in [0.05, 0.1) is 11.4 Å². The van der Waals surface area contributed by atoms with E-state index in [1.54, 1.807) is 69.6 Å². The number of aromatic nitrogens is 1. The summed E-state index contributed by atoms with van der Waals surface area (Å²) in [6.45, 7) is 5.77. The Kier molecular flexibility index (Phi) is 8.98. The van der Waals surface area contributed by atoms with E-state index < -0.39 is 21.7 Å². The van der Waals surface area contributed by atoms with Crippen LogP contribution in [0.1, 0.15) is 20.8 Å². The first kappa shape index (κ1) is 27.2. The van der Waals surface area contributed by atoms with Crippen molar-refractivity contribution in [3.8, 4) is 5.75 Å². The molecule has 0 aliphatic rings. The van der Waals surface area contributed by atoms with E-state index in [-0.39, 0.29) is 31.1 Å². The number of hydrogen-bond acceptors (Lipinski definition) is 6. The number of hydrogen-bond donors (Lipinski definition) is 1. The number of fused-ring (bicyclic) bond motifs is 1. The standard InChI is InChI=1S/C24H27BrClN3O5S/c1-24(2,3)34-23(30)29(12-13-33-20-6-4-19(26)5-7-20)11-10-28-35(31,32)22-15-18(25)14-17-16-27-9-8-21(17)22/h4-9,14-16,28H,10-13H2,1-3H3. The zero-order chi connectivity index (χ0) is 25.6. The fourth-order valence-corrected chi connectivity index (χ4v) is 5.21. The van der Waals surface area contributed by atoms with Gasteiger partial charge in [0.25, 0.3) is 0 Å². The van der Waals surface area contributed by atoms with Crippen molar-refractivity contribution in [2.45, 2.75) is 31.3 Å². The van der Waals surface area contributed by atoms with Crippen LogP contribution >= 0.6 is 27.5 Å². The highest BCUT2D eigenvalue weighted by molar-refractivity contribution is 9.10. The van der Waals surface area contributed by atoms with E-state index in [9.17, 15) is 13.2 Å². The molecule has 2 aromatic carbocycles. The van der Waals surface area contributed by atoms with E-state index in [1.165, 1.54) is 11.0 Å². The number of nitrogens with one attached hydrogen (secondary N) is 1. The zero-order valence-electron chi connectivity index (χ0n) is 19.6. The van der Waals surface area contributed by atoms with Gasteiger partial charge in [-0.2, -0.15) is 0 Å². The second-order valence-electron chi connectivity index (χ2n) is 8.67. The van der Waals surface area contributed by atoms with Crippen LogP contribution < -0.4 is 9.46 Å². The molecule has 8 nitrogen and oxygen atoms in total. The molecular formula is C24H27BrClN3O5S. The van der Waals surface area contributed by atoms with Crippen molar-refractivity contribution >= 4 is 54.4 Å². The normalized spacial score (nSPS) is 11.9. The van der Waals surface area contributed by atoms with Crippen LogP contribution in [-0.2, 0) is 14.8 Å². The van der Waals surface area contributed by atoms with Crippen molar-refractivity contribution < 1.29 is 22.7 Å². The molecule has 0 radical (unpaired) electrons. The van der Waals surface area contributed by atoms with E-state index in [1.807, 2.05) is 0 Å². The minimum Gasteiger partial charge on any atom is -0.492 e. The molecule has 1 amide bonds. The molecule has 0 bridgehead atoms. The van der Waals surface area contributed by atoms with Gasteiger partial charge in [-0.1, -0.05) is 27.5 Å². The fourth-order valence-electron chi connectivity index (χ4n) is 3.18. The topological polar surface area (TPSA) is 97.8 Å². The maximum atomic E-state index is 13.1. The van der Waals surface area contributed by atoms with Crippen molar-refractivity contribution in [3.63, 3.8) is 0 Å². The SMILES string of the molecule is CC(C)(C)OC(=O)N(CCNS(=O)(=O)c1cc(Br)cc2cnccc12)CCOc1ccc(Cl)cc1. The Labute approximate surface area is 218 Å². The molecule has 0 aliphatic carbocycles. The van der Waals surface area contributed by atoms with Crippen LogP contribution in [0.15, 0.2) is 64.2 Å². The number of halogens is 2. The second-order valence-corrected chi connectivity index (χ2v) is 11.8. The van der Waals surface area contributed by atoms with E-state index >= 15 is 0 Å². The number of pyridine rings is 1. The molecule has 3 aromatic rings. The summed E-state index contributed by atoms with van der Waals surface area (Å²) in [6.07, 6.45) is 2.58. The molecule has 0 spiro atoms. The summed E-state index contributed by atoms with van der Waals surface area (Å²) in [4.78, 5) is 18.3. The quantitative estimate of drug-likeness (QED) is 0.369. The van der Waals surface area contributed by atoms with Crippen molar-refractivity contribution in [3.05, 3.63) is 64.4 Å². The fraction of sp³-hybridized carbons (Fsp3) is 0.333. The number of rotatable bonds is 9. The van der Waals surface area contributed by atoms with Gasteiger partial charge < -0.3 is 14.4 Å². The molecule has 188 valence electrons. The number of ether oxygens (including phenoxy) is 2. The number of nitrogens with zero attached hydrogens (tertiary/aromatic N) is 2. The predicted molar refractivity (Wildman–Crippen MR) is 139 cm³/mol. The summed E-state index contributed by atoms with van der Waals surface area (Å²) in [6, 6.07) is 11.9. The lowest BCUT2D eigenvalue weighted by Gasteiger charge is -2.27. The number of sulfonamides is 1. The molecule has 11 heteroatoms. The average Bonchev–Trinajstić information content (AvgIpc) is 2.77. The lowest BCUT2D eigenvalue weighted by atomic mass is 10.2. The molecule has 3 rings (SSSR count). The average molecular weight is 585 g/mol. The summed E-state index contributed by atoms with van der Waals surface area (Å²) in [5.41, 5.74) is -0.699. The van der Waals surface area contributed by atoms with Crippen LogP contribution in [0.3, 0.4) is 0 Å². The Bertz CT molecular complexity index is 1280. The third kappa shape index (κ3) is 8.06. The van der Waals surface area contributed by atoms with Gasteiger partial charge in [-0.05, 0) is 63.2 Å². The summed E-state index contributed by atoms with van der Waals surface area (Å²) < 4.78 is 40.5. The monoisotopic (exact) mass is 583 g/mol. The van der Waals surface area contributed by atoms with Crippen LogP contribution in [0.4, 0.5) is 4.79 Å². The number of carbonyl (C=O) groups excluding carboxylic acids is 1. The maximum absolute atomic E-state index is 13.1. The molecule has 1 heterocycles. The molecule has 35 heavy (non-hydrogen) atoms. The van der Waals surface area contributed by atoms with Crippen LogP contribution in [-0.4, -0.2) is 56.2 Å². The summed E-state index contributed by atoms with van der Waals surface area (Å²) >= 11 is 9.25. The first-order valence-corrected chi connectivity index (χ1v) is 13.5. The Morgan fingerprint density at radius 1 is 1.14 bits per heavy atom. The van der Waals surface area contributed by atoms with Gasteiger partial charge in [-0.15, -0.1) is 0 Å². The smallest absolute Gasteiger partial charge is 0.410 e. The molecule has 0 aliphatic heterocycles. The second kappa shape index (κ2) is 11.6. The van der Waals surface area contributed by atoms with Crippen LogP contribution in [0.25, 0.3) is 10.8 Å².